The summed E-state index contributed by atoms with van der Waals surface area (Å²) in [4.78, 5) is 10.8. The fourth-order valence-electron chi connectivity index (χ4n) is 2.36. The van der Waals surface area contributed by atoms with E-state index in [1.165, 1.54) is 12.1 Å². The number of hydrogen-bond donors (Lipinski definition) is 2. The number of aldehydes is 1. The molecule has 2 rings (SSSR count). The molecule has 1 aromatic carbocycles. The van der Waals surface area contributed by atoms with Crippen LogP contribution in [0.15, 0.2) is 29.4 Å². The summed E-state index contributed by atoms with van der Waals surface area (Å²) in [5, 5.41) is 12.9. The molecule has 0 fully saturated rings. The van der Waals surface area contributed by atoms with Gasteiger partial charge in [0, 0.05) is 11.5 Å². The van der Waals surface area contributed by atoms with Gasteiger partial charge in [-0.2, -0.15) is 5.10 Å². The van der Waals surface area contributed by atoms with Gasteiger partial charge in [-0.05, 0) is 24.6 Å². The first-order valence-electron chi connectivity index (χ1n) is 7.23. The van der Waals surface area contributed by atoms with Crippen molar-refractivity contribution in [1.29, 1.82) is 0 Å². The Bertz CT molecular complexity index is 611. The summed E-state index contributed by atoms with van der Waals surface area (Å²) < 4.78 is 19.5. The lowest BCUT2D eigenvalue weighted by molar-refractivity contribution is -0.109. The van der Waals surface area contributed by atoms with E-state index in [9.17, 15) is 9.18 Å². The minimum absolute atomic E-state index is 0.00109. The van der Waals surface area contributed by atoms with Gasteiger partial charge in [0.15, 0.2) is 11.6 Å². The largest absolute Gasteiger partial charge is 0.485 e. The van der Waals surface area contributed by atoms with Gasteiger partial charge in [0.2, 0.25) is 0 Å². The zero-order chi connectivity index (χ0) is 16.8. The average molecular weight is 341 g/mol. The summed E-state index contributed by atoms with van der Waals surface area (Å²) in [6.45, 7) is 1.92. The molecule has 0 spiro atoms. The van der Waals surface area contributed by atoms with Crippen LogP contribution in [-0.2, 0) is 4.79 Å². The van der Waals surface area contributed by atoms with E-state index in [2.05, 4.69) is 10.5 Å². The maximum Gasteiger partial charge on any atom is 0.174 e. The maximum absolute atomic E-state index is 14.2. The Hall–Kier alpha value is -1.92. The van der Waals surface area contributed by atoms with E-state index in [1.54, 1.807) is 12.1 Å². The van der Waals surface area contributed by atoms with E-state index in [1.807, 2.05) is 6.92 Å². The summed E-state index contributed by atoms with van der Waals surface area (Å²) in [5.74, 6) is -0.626. The molecular formula is C16H18ClFN2O3. The van der Waals surface area contributed by atoms with Gasteiger partial charge in [-0.15, -0.1) is 0 Å². The smallest absolute Gasteiger partial charge is 0.174 e. The van der Waals surface area contributed by atoms with Gasteiger partial charge in [0.1, 0.15) is 12.9 Å². The van der Waals surface area contributed by atoms with Gasteiger partial charge in [0.05, 0.1) is 23.4 Å². The number of ether oxygens (including phenoxy) is 1. The Balaban J connectivity index is 2.21. The number of halogens is 2. The number of benzene rings is 1. The lowest BCUT2D eigenvalue weighted by Crippen LogP contribution is -2.37. The molecule has 0 radical (unpaired) electrons. The van der Waals surface area contributed by atoms with E-state index < -0.39 is 5.82 Å². The van der Waals surface area contributed by atoms with Crippen LogP contribution in [0.4, 0.5) is 4.39 Å². The zero-order valence-corrected chi connectivity index (χ0v) is 13.4. The average Bonchev–Trinajstić information content (AvgIpc) is 2.53. The van der Waals surface area contributed by atoms with Crippen molar-refractivity contribution in [2.24, 2.45) is 11.0 Å². The molecular weight excluding hydrogens is 323 g/mol. The summed E-state index contributed by atoms with van der Waals surface area (Å²) in [7, 11) is 0. The molecule has 2 N–H and O–H groups in total. The van der Waals surface area contributed by atoms with Gasteiger partial charge in [0.25, 0.3) is 0 Å². The van der Waals surface area contributed by atoms with Crippen LogP contribution in [0.1, 0.15) is 18.9 Å². The highest BCUT2D eigenvalue weighted by atomic mass is 35.5. The minimum Gasteiger partial charge on any atom is -0.485 e. The molecule has 0 saturated heterocycles. The van der Waals surface area contributed by atoms with Crippen molar-refractivity contribution in [2.45, 2.75) is 19.4 Å². The highest BCUT2D eigenvalue weighted by Crippen LogP contribution is 2.31. The fourth-order valence-corrected chi connectivity index (χ4v) is 2.62. The normalized spacial score (nSPS) is 21.0. The lowest BCUT2D eigenvalue weighted by Gasteiger charge is -2.24. The van der Waals surface area contributed by atoms with E-state index >= 15 is 0 Å². The minimum atomic E-state index is -0.586. The summed E-state index contributed by atoms with van der Waals surface area (Å²) >= 11 is 6.10. The molecule has 1 heterocycles. The number of nitrogens with one attached hydrogen (secondary N) is 1. The molecule has 0 bridgehead atoms. The molecule has 1 aliphatic heterocycles. The van der Waals surface area contributed by atoms with Crippen molar-refractivity contribution in [3.05, 3.63) is 40.7 Å². The molecule has 0 aliphatic carbocycles. The monoisotopic (exact) mass is 340 g/mol. The number of hydrogen-bond acceptors (Lipinski definition) is 5. The fraction of sp³-hybridized carbons (Fsp3) is 0.375. The van der Waals surface area contributed by atoms with Gasteiger partial charge < -0.3 is 14.6 Å². The number of carbonyl (C=O) groups is 1. The Morgan fingerprint density at radius 3 is 2.91 bits per heavy atom. The highest BCUT2D eigenvalue weighted by Gasteiger charge is 2.24. The number of aliphatic hydroxyl groups excluding tert-OH is 1. The quantitative estimate of drug-likeness (QED) is 0.616. The molecule has 0 aromatic heterocycles. The molecule has 2 atom stereocenters. The van der Waals surface area contributed by atoms with Gasteiger partial charge in [-0.25, -0.2) is 4.39 Å². The van der Waals surface area contributed by atoms with Crippen LogP contribution < -0.4 is 10.2 Å². The first kappa shape index (κ1) is 17.4. The first-order valence-corrected chi connectivity index (χ1v) is 7.61. The molecule has 0 saturated carbocycles. The second-order valence-electron chi connectivity index (χ2n) is 5.24. The second kappa shape index (κ2) is 8.08. The number of rotatable bonds is 6. The van der Waals surface area contributed by atoms with E-state index in [-0.39, 0.29) is 35.9 Å². The predicted octanol–water partition coefficient (Wildman–Crippen LogP) is 2.31. The van der Waals surface area contributed by atoms with Crippen LogP contribution >= 0.6 is 11.6 Å². The Morgan fingerprint density at radius 1 is 1.52 bits per heavy atom. The Labute approximate surface area is 138 Å². The van der Waals surface area contributed by atoms with Crippen LogP contribution in [0.25, 0.3) is 0 Å². The van der Waals surface area contributed by atoms with Crippen LogP contribution in [0, 0.1) is 11.7 Å². The SMILES string of the molecule is CC1CC(C=O)NN=C1c1cc(F)c(OC/C=C\CO)c(Cl)c1. The Morgan fingerprint density at radius 2 is 2.30 bits per heavy atom. The summed E-state index contributed by atoms with van der Waals surface area (Å²) in [6, 6.07) is 2.58. The van der Waals surface area contributed by atoms with E-state index in [0.29, 0.717) is 17.7 Å². The van der Waals surface area contributed by atoms with Gasteiger partial charge in [-0.1, -0.05) is 24.6 Å². The predicted molar refractivity (Wildman–Crippen MR) is 86.4 cm³/mol. The van der Waals surface area contributed by atoms with Crippen molar-refractivity contribution in [3.8, 4) is 5.75 Å². The maximum atomic E-state index is 14.2. The van der Waals surface area contributed by atoms with Gasteiger partial charge in [-0.3, -0.25) is 5.43 Å². The third-order valence-electron chi connectivity index (χ3n) is 3.48. The van der Waals surface area contributed by atoms with Crippen molar-refractivity contribution in [2.75, 3.05) is 13.2 Å². The van der Waals surface area contributed by atoms with Gasteiger partial charge >= 0.3 is 0 Å². The van der Waals surface area contributed by atoms with E-state index in [0.717, 1.165) is 6.29 Å². The summed E-state index contributed by atoms with van der Waals surface area (Å²) in [5.41, 5.74) is 3.94. The number of aliphatic hydroxyl groups is 1. The van der Waals surface area contributed by atoms with Crippen LogP contribution in [0.5, 0.6) is 5.75 Å². The topological polar surface area (TPSA) is 70.9 Å². The molecule has 124 valence electrons. The van der Waals surface area contributed by atoms with Crippen LogP contribution in [-0.4, -0.2) is 36.4 Å². The third kappa shape index (κ3) is 4.30. The van der Waals surface area contributed by atoms with Crippen molar-refractivity contribution >= 4 is 23.6 Å². The molecule has 23 heavy (non-hydrogen) atoms. The van der Waals surface area contributed by atoms with Crippen molar-refractivity contribution < 1.29 is 19.0 Å². The molecule has 1 aliphatic rings. The number of hydrazone groups is 1. The summed E-state index contributed by atoms with van der Waals surface area (Å²) in [6.07, 6.45) is 4.46. The zero-order valence-electron chi connectivity index (χ0n) is 12.6. The first-order chi connectivity index (χ1) is 11.1. The molecule has 7 heteroatoms. The van der Waals surface area contributed by atoms with E-state index in [4.69, 9.17) is 21.4 Å². The van der Waals surface area contributed by atoms with Crippen molar-refractivity contribution in [3.63, 3.8) is 0 Å². The number of carbonyl (C=O) groups excluding carboxylic acids is 1. The van der Waals surface area contributed by atoms with Crippen LogP contribution in [0.2, 0.25) is 5.02 Å². The highest BCUT2D eigenvalue weighted by molar-refractivity contribution is 6.32. The molecule has 2 unspecified atom stereocenters. The molecule has 0 amide bonds. The second-order valence-corrected chi connectivity index (χ2v) is 5.65. The molecule has 1 aromatic rings. The standard InChI is InChI=1S/C16H18ClFN2O3/c1-10-6-12(9-22)19-20-15(10)11-7-13(17)16(14(18)8-11)23-5-3-2-4-21/h2-3,7-10,12,19,21H,4-6H2,1H3/b3-2-. The Kier molecular flexibility index (Phi) is 6.12. The lowest BCUT2D eigenvalue weighted by atomic mass is 9.91. The third-order valence-corrected chi connectivity index (χ3v) is 3.76. The van der Waals surface area contributed by atoms with Crippen molar-refractivity contribution in [1.82, 2.24) is 5.43 Å². The number of nitrogens with zero attached hydrogens (tertiary/aromatic N) is 1. The molecule has 5 nitrogen and oxygen atoms in total. The van der Waals surface area contributed by atoms with Crippen LogP contribution in [0.3, 0.4) is 0 Å².